The van der Waals surface area contributed by atoms with Gasteiger partial charge in [-0.05, 0) is 64.6 Å². The average Bonchev–Trinajstić information content (AvgIpc) is 2.79. The quantitative estimate of drug-likeness (QED) is 0.432. The molecule has 10 nitrogen and oxygen atoms in total. The molecule has 0 bridgehead atoms. The van der Waals surface area contributed by atoms with Crippen molar-refractivity contribution >= 4 is 40.7 Å². The largest absolute Gasteiger partial charge is 0.481 e. The molecule has 0 atom stereocenters. The number of amides is 2. The minimum Gasteiger partial charge on any atom is -0.481 e. The van der Waals surface area contributed by atoms with Crippen LogP contribution in [-0.2, 0) is 14.4 Å². The third kappa shape index (κ3) is 8.10. The molecule has 3 rings (SSSR count). The van der Waals surface area contributed by atoms with Gasteiger partial charge in [-0.3, -0.25) is 24.0 Å². The molecule has 0 unspecified atom stereocenters. The summed E-state index contributed by atoms with van der Waals surface area (Å²) in [5, 5.41) is 13.0. The minimum absolute atomic E-state index is 0.164. The summed E-state index contributed by atoms with van der Waals surface area (Å²) in [6.45, 7) is 2.30. The molecule has 2 amide bonds. The number of benzene rings is 2. The number of ketones is 2. The highest BCUT2D eigenvalue weighted by Crippen LogP contribution is 2.31. The van der Waals surface area contributed by atoms with E-state index in [1.54, 1.807) is 36.4 Å². The number of nitrogens with one attached hydrogen (secondary N) is 2. The molecular weight excluding hydrogens is 464 g/mol. The van der Waals surface area contributed by atoms with Crippen LogP contribution in [0.2, 0.25) is 0 Å². The van der Waals surface area contributed by atoms with Crippen LogP contribution in [0, 0.1) is 0 Å². The summed E-state index contributed by atoms with van der Waals surface area (Å²) in [6.07, 6.45) is 0.645. The molecule has 192 valence electrons. The first-order chi connectivity index (χ1) is 16.9. The summed E-state index contributed by atoms with van der Waals surface area (Å²) in [7, 11) is 7.53. The van der Waals surface area contributed by atoms with Crippen LogP contribution >= 0.6 is 0 Å². The number of fused-ring (bicyclic) bond motifs is 2. The average molecular weight is 497 g/mol. The fraction of sp³-hybridized carbons (Fsp3) is 0.346. The number of aliphatic carboxylic acids is 1. The Hall–Kier alpha value is -3.89. The molecule has 2 aromatic rings. The van der Waals surface area contributed by atoms with E-state index in [-0.39, 0.29) is 45.6 Å². The number of carbonyl (C=O) groups is 5. The van der Waals surface area contributed by atoms with Crippen molar-refractivity contribution < 1.29 is 29.1 Å². The zero-order valence-electron chi connectivity index (χ0n) is 21.2. The smallest absolute Gasteiger partial charge is 0.300 e. The topological polar surface area (TPSA) is 136 Å². The Morgan fingerprint density at radius 2 is 1.03 bits per heavy atom. The van der Waals surface area contributed by atoms with Gasteiger partial charge in [0.15, 0.2) is 11.6 Å². The van der Waals surface area contributed by atoms with Crippen molar-refractivity contribution in [1.82, 2.24) is 9.80 Å². The van der Waals surface area contributed by atoms with Crippen LogP contribution in [0.1, 0.15) is 51.6 Å². The van der Waals surface area contributed by atoms with E-state index in [4.69, 9.17) is 9.90 Å². The van der Waals surface area contributed by atoms with Crippen LogP contribution in [0.4, 0.5) is 11.4 Å². The van der Waals surface area contributed by atoms with Crippen LogP contribution < -0.4 is 10.6 Å². The van der Waals surface area contributed by atoms with Gasteiger partial charge in [0.25, 0.3) is 5.97 Å². The highest BCUT2D eigenvalue weighted by Gasteiger charge is 2.30. The maximum absolute atomic E-state index is 13.1. The highest BCUT2D eigenvalue weighted by molar-refractivity contribution is 6.29. The second-order valence-electron chi connectivity index (χ2n) is 8.90. The van der Waals surface area contributed by atoms with E-state index in [2.05, 4.69) is 10.6 Å². The molecule has 1 aliphatic rings. The lowest BCUT2D eigenvalue weighted by Gasteiger charge is -2.19. The Morgan fingerprint density at radius 3 is 1.33 bits per heavy atom. The van der Waals surface area contributed by atoms with Gasteiger partial charge >= 0.3 is 0 Å². The molecule has 10 heteroatoms. The molecule has 3 N–H and O–H groups in total. The van der Waals surface area contributed by atoms with Gasteiger partial charge in [0.2, 0.25) is 11.8 Å². The van der Waals surface area contributed by atoms with Crippen LogP contribution in [0.5, 0.6) is 0 Å². The molecule has 2 aromatic carbocycles. The van der Waals surface area contributed by atoms with Crippen molar-refractivity contribution in [2.75, 3.05) is 51.9 Å². The van der Waals surface area contributed by atoms with Gasteiger partial charge in [-0.1, -0.05) is 0 Å². The number of nitrogens with zero attached hydrogens (tertiary/aromatic N) is 2. The molecule has 0 saturated carbocycles. The highest BCUT2D eigenvalue weighted by atomic mass is 16.4. The number of carbonyl (C=O) groups excluding carboxylic acids is 4. The zero-order chi connectivity index (χ0) is 27.0. The summed E-state index contributed by atoms with van der Waals surface area (Å²) in [5.41, 5.74) is 2.03. The monoisotopic (exact) mass is 496 g/mol. The first-order valence-corrected chi connectivity index (χ1v) is 11.3. The number of carboxylic acids is 1. The van der Waals surface area contributed by atoms with Crippen LogP contribution in [0.3, 0.4) is 0 Å². The Kier molecular flexibility index (Phi) is 10.0. The van der Waals surface area contributed by atoms with Crippen molar-refractivity contribution in [3.05, 3.63) is 58.7 Å². The van der Waals surface area contributed by atoms with Gasteiger partial charge in [0, 0.05) is 66.5 Å². The summed E-state index contributed by atoms with van der Waals surface area (Å²) < 4.78 is 0. The molecule has 1 aliphatic carbocycles. The van der Waals surface area contributed by atoms with Crippen molar-refractivity contribution in [2.24, 2.45) is 0 Å². The van der Waals surface area contributed by atoms with Gasteiger partial charge in [-0.2, -0.15) is 0 Å². The summed E-state index contributed by atoms with van der Waals surface area (Å²) in [6, 6.07) is 9.45. The third-order valence-corrected chi connectivity index (χ3v) is 5.16. The lowest BCUT2D eigenvalue weighted by Crippen LogP contribution is -2.24. The maximum Gasteiger partial charge on any atom is 0.300 e. The van der Waals surface area contributed by atoms with Crippen molar-refractivity contribution in [2.45, 2.75) is 19.8 Å². The number of anilines is 2. The van der Waals surface area contributed by atoms with Gasteiger partial charge < -0.3 is 25.5 Å². The van der Waals surface area contributed by atoms with Crippen molar-refractivity contribution in [3.63, 3.8) is 0 Å². The molecular formula is C26H32N4O6. The molecule has 36 heavy (non-hydrogen) atoms. The molecule has 0 aliphatic heterocycles. The number of hydrogen-bond acceptors (Lipinski definition) is 7. The van der Waals surface area contributed by atoms with Crippen molar-refractivity contribution in [1.29, 1.82) is 0 Å². The molecule has 0 saturated heterocycles. The number of hydrogen-bond donors (Lipinski definition) is 3. The molecule has 0 spiro atoms. The Balaban J connectivity index is 0.00000106. The third-order valence-electron chi connectivity index (χ3n) is 5.16. The normalized spacial score (nSPS) is 11.9. The lowest BCUT2D eigenvalue weighted by molar-refractivity contribution is -0.134. The van der Waals surface area contributed by atoms with Gasteiger partial charge in [0.05, 0.1) is 0 Å². The zero-order valence-corrected chi connectivity index (χ0v) is 21.2. The van der Waals surface area contributed by atoms with Crippen LogP contribution in [0.25, 0.3) is 0 Å². The Bertz CT molecular complexity index is 1080. The summed E-state index contributed by atoms with van der Waals surface area (Å²) in [5.74, 6) is -1.74. The van der Waals surface area contributed by atoms with E-state index in [1.165, 1.54) is 0 Å². The first kappa shape index (κ1) is 28.3. The van der Waals surface area contributed by atoms with Gasteiger partial charge in [-0.15, -0.1) is 0 Å². The minimum atomic E-state index is -0.833. The van der Waals surface area contributed by atoms with E-state index in [0.29, 0.717) is 37.3 Å². The van der Waals surface area contributed by atoms with E-state index < -0.39 is 5.97 Å². The molecule has 0 radical (unpaired) electrons. The second-order valence-corrected chi connectivity index (χ2v) is 8.90. The predicted octanol–water partition coefficient (Wildman–Crippen LogP) is 2.33. The van der Waals surface area contributed by atoms with Gasteiger partial charge in [0.1, 0.15) is 0 Å². The molecule has 0 fully saturated rings. The number of rotatable bonds is 8. The standard InChI is InChI=1S/C24H28N4O4.C2H4O2/c1-27(2)11-9-21(29)25-15-5-7-17-19(13-15)23(31)18-8-6-16(14-20(18)24(17)32)26-22(30)10-12-28(3)4;1-2(3)4/h5-8,13-14H,9-12H2,1-4H3,(H,25,29)(H,26,30);1H3,(H,3,4). The fourth-order valence-electron chi connectivity index (χ4n) is 3.40. The van der Waals surface area contributed by atoms with Crippen molar-refractivity contribution in [3.8, 4) is 0 Å². The van der Waals surface area contributed by atoms with E-state index in [9.17, 15) is 19.2 Å². The molecule has 0 aromatic heterocycles. The van der Waals surface area contributed by atoms with E-state index in [1.807, 2.05) is 38.0 Å². The predicted molar refractivity (Wildman–Crippen MR) is 137 cm³/mol. The van der Waals surface area contributed by atoms with Crippen LogP contribution in [-0.4, -0.2) is 85.5 Å². The van der Waals surface area contributed by atoms with E-state index in [0.717, 1.165) is 6.92 Å². The molecule has 0 heterocycles. The van der Waals surface area contributed by atoms with Gasteiger partial charge in [-0.25, -0.2) is 0 Å². The Morgan fingerprint density at radius 1 is 0.694 bits per heavy atom. The lowest BCUT2D eigenvalue weighted by atomic mass is 9.83. The second kappa shape index (κ2) is 12.7. The van der Waals surface area contributed by atoms with E-state index >= 15 is 0 Å². The van der Waals surface area contributed by atoms with Crippen LogP contribution in [0.15, 0.2) is 36.4 Å². The number of carboxylic acid groups (broad SMARTS) is 1. The fourth-order valence-corrected chi connectivity index (χ4v) is 3.40. The SMILES string of the molecule is CC(=O)O.CN(C)CCC(=O)Nc1ccc2c(c1)C(=O)c1ccc(NC(=O)CCN(C)C)cc1C2=O. The first-order valence-electron chi connectivity index (χ1n) is 11.3. The Labute approximate surface area is 210 Å². The summed E-state index contributed by atoms with van der Waals surface area (Å²) >= 11 is 0. The maximum atomic E-state index is 13.1. The summed E-state index contributed by atoms with van der Waals surface area (Å²) in [4.78, 5) is 63.1.